The molecule has 4 rings (SSSR count). The molecule has 0 fully saturated rings. The van der Waals surface area contributed by atoms with Gasteiger partial charge < -0.3 is 5.32 Å². The number of nitrogens with one attached hydrogen (secondary N) is 1. The van der Waals surface area contributed by atoms with Crippen LogP contribution in [-0.4, -0.2) is 30.5 Å². The van der Waals surface area contributed by atoms with E-state index in [0.29, 0.717) is 29.0 Å². The summed E-state index contributed by atoms with van der Waals surface area (Å²) < 4.78 is 30.3. The van der Waals surface area contributed by atoms with Crippen LogP contribution >= 0.6 is 0 Å². The van der Waals surface area contributed by atoms with Gasteiger partial charge in [-0.3, -0.25) is 9.48 Å². The summed E-state index contributed by atoms with van der Waals surface area (Å²) in [7, 11) is 0. The summed E-state index contributed by atoms with van der Waals surface area (Å²) in [5.74, 6) is -0.320. The Bertz CT molecular complexity index is 1310. The molecule has 0 saturated heterocycles. The molecule has 32 heavy (non-hydrogen) atoms. The van der Waals surface area contributed by atoms with Crippen molar-refractivity contribution in [2.24, 2.45) is 0 Å². The number of anilines is 1. The molecular weight excluding hydrogens is 414 g/mol. The number of rotatable bonds is 6. The molecule has 3 aromatic heterocycles. The highest BCUT2D eigenvalue weighted by Gasteiger charge is 2.20. The number of pyridine rings is 1. The first-order chi connectivity index (χ1) is 15.2. The molecule has 1 N–H and O–H groups in total. The Kier molecular flexibility index (Phi) is 5.73. The fraction of sp³-hybridized carbons (Fsp3) is 0.304. The lowest BCUT2D eigenvalue weighted by molar-refractivity contribution is -0.116. The standard InChI is InChI=1S/C23H24F2N6O/c1-13-9-19(22(24)25)21-16(4)29-31(23(21)26-13)12-20(32)27-18-7-5-6-17(10-18)11-30-15(3)8-14(2)28-30/h5-10,22H,11-12H2,1-4H3,(H,27,32). The molecule has 7 nitrogen and oxygen atoms in total. The average Bonchev–Trinajstić information content (AvgIpc) is 3.19. The van der Waals surface area contributed by atoms with Gasteiger partial charge >= 0.3 is 0 Å². The predicted molar refractivity (Wildman–Crippen MR) is 118 cm³/mol. The Morgan fingerprint density at radius 3 is 2.50 bits per heavy atom. The molecule has 0 saturated carbocycles. The van der Waals surface area contributed by atoms with Crippen LogP contribution in [0.1, 0.15) is 40.3 Å². The molecule has 0 aliphatic heterocycles. The monoisotopic (exact) mass is 438 g/mol. The first kappa shape index (κ1) is 21.6. The number of alkyl halides is 2. The van der Waals surface area contributed by atoms with Gasteiger partial charge in [-0.2, -0.15) is 10.2 Å². The number of fused-ring (bicyclic) bond motifs is 1. The Morgan fingerprint density at radius 2 is 1.81 bits per heavy atom. The van der Waals surface area contributed by atoms with Crippen molar-refractivity contribution >= 4 is 22.6 Å². The summed E-state index contributed by atoms with van der Waals surface area (Å²) in [5, 5.41) is 11.9. The molecule has 0 bridgehead atoms. The van der Waals surface area contributed by atoms with Crippen LogP contribution in [-0.2, 0) is 17.9 Å². The van der Waals surface area contributed by atoms with Crippen molar-refractivity contribution in [3.05, 3.63) is 70.3 Å². The highest BCUT2D eigenvalue weighted by atomic mass is 19.3. The molecule has 0 unspecified atom stereocenters. The van der Waals surface area contributed by atoms with E-state index in [-0.39, 0.29) is 23.7 Å². The van der Waals surface area contributed by atoms with E-state index >= 15 is 0 Å². The van der Waals surface area contributed by atoms with E-state index in [9.17, 15) is 13.6 Å². The zero-order valence-corrected chi connectivity index (χ0v) is 18.4. The van der Waals surface area contributed by atoms with E-state index in [1.165, 1.54) is 10.7 Å². The van der Waals surface area contributed by atoms with Gasteiger partial charge in [0.25, 0.3) is 6.43 Å². The van der Waals surface area contributed by atoms with Crippen LogP contribution in [0.15, 0.2) is 36.4 Å². The number of carbonyl (C=O) groups excluding carboxylic acids is 1. The molecular formula is C23H24F2N6O. The van der Waals surface area contributed by atoms with Gasteiger partial charge in [0.15, 0.2) is 5.65 Å². The number of carbonyl (C=O) groups is 1. The lowest BCUT2D eigenvalue weighted by Crippen LogP contribution is -2.20. The van der Waals surface area contributed by atoms with Crippen molar-refractivity contribution in [3.63, 3.8) is 0 Å². The minimum atomic E-state index is -2.64. The molecule has 166 valence electrons. The second-order valence-electron chi connectivity index (χ2n) is 7.93. The van der Waals surface area contributed by atoms with E-state index in [0.717, 1.165) is 17.0 Å². The molecule has 0 atom stereocenters. The van der Waals surface area contributed by atoms with Crippen molar-refractivity contribution in [1.82, 2.24) is 24.5 Å². The predicted octanol–water partition coefficient (Wildman–Crippen LogP) is 4.49. The largest absolute Gasteiger partial charge is 0.324 e. The molecule has 3 heterocycles. The van der Waals surface area contributed by atoms with Gasteiger partial charge in [-0.15, -0.1) is 0 Å². The fourth-order valence-corrected chi connectivity index (χ4v) is 3.89. The van der Waals surface area contributed by atoms with Gasteiger partial charge in [0.2, 0.25) is 5.91 Å². The van der Waals surface area contributed by atoms with E-state index < -0.39 is 6.43 Å². The third kappa shape index (κ3) is 4.37. The number of benzene rings is 1. The Hall–Kier alpha value is -3.62. The fourth-order valence-electron chi connectivity index (χ4n) is 3.89. The lowest BCUT2D eigenvalue weighted by atomic mass is 10.1. The third-order valence-electron chi connectivity index (χ3n) is 5.21. The summed E-state index contributed by atoms with van der Waals surface area (Å²) in [6.45, 7) is 7.68. The van der Waals surface area contributed by atoms with E-state index in [4.69, 9.17) is 0 Å². The SMILES string of the molecule is Cc1cc(C(F)F)c2c(C)nn(CC(=O)Nc3cccc(Cn4nc(C)cc4C)c3)c2n1. The van der Waals surface area contributed by atoms with Crippen LogP contribution < -0.4 is 5.32 Å². The molecule has 1 amide bonds. The zero-order valence-electron chi connectivity index (χ0n) is 18.4. The summed E-state index contributed by atoms with van der Waals surface area (Å²) >= 11 is 0. The molecule has 9 heteroatoms. The lowest BCUT2D eigenvalue weighted by Gasteiger charge is -2.10. The van der Waals surface area contributed by atoms with Crippen molar-refractivity contribution in [2.45, 2.75) is 47.2 Å². The first-order valence-electron chi connectivity index (χ1n) is 10.2. The minimum absolute atomic E-state index is 0.117. The zero-order chi connectivity index (χ0) is 23.0. The number of nitrogens with zero attached hydrogens (tertiary/aromatic N) is 5. The topological polar surface area (TPSA) is 77.6 Å². The summed E-state index contributed by atoms with van der Waals surface area (Å²) in [6.07, 6.45) is -2.64. The van der Waals surface area contributed by atoms with Gasteiger partial charge in [0.05, 0.1) is 23.3 Å². The molecule has 0 aliphatic carbocycles. The van der Waals surface area contributed by atoms with Crippen molar-refractivity contribution < 1.29 is 13.6 Å². The second-order valence-corrected chi connectivity index (χ2v) is 7.93. The number of amides is 1. The molecule has 1 aromatic carbocycles. The summed E-state index contributed by atoms with van der Waals surface area (Å²) in [5.41, 5.74) is 4.68. The summed E-state index contributed by atoms with van der Waals surface area (Å²) in [6, 6.07) is 10.9. The number of aryl methyl sites for hydroxylation is 4. The van der Waals surface area contributed by atoms with E-state index in [1.54, 1.807) is 19.9 Å². The van der Waals surface area contributed by atoms with Gasteiger partial charge in [-0.25, -0.2) is 18.4 Å². The molecule has 0 aliphatic rings. The normalized spacial score (nSPS) is 11.5. The smallest absolute Gasteiger partial charge is 0.264 e. The van der Waals surface area contributed by atoms with Crippen molar-refractivity contribution in [1.29, 1.82) is 0 Å². The summed E-state index contributed by atoms with van der Waals surface area (Å²) in [4.78, 5) is 17.0. The Balaban J connectivity index is 1.53. The quantitative estimate of drug-likeness (QED) is 0.481. The van der Waals surface area contributed by atoms with E-state index in [1.807, 2.05) is 42.8 Å². The van der Waals surface area contributed by atoms with Gasteiger partial charge in [-0.05, 0) is 57.5 Å². The van der Waals surface area contributed by atoms with Gasteiger partial charge in [0.1, 0.15) is 6.54 Å². The van der Waals surface area contributed by atoms with E-state index in [2.05, 4.69) is 20.5 Å². The minimum Gasteiger partial charge on any atom is -0.324 e. The Labute approximate surface area is 184 Å². The van der Waals surface area contributed by atoms with Gasteiger partial charge in [-0.1, -0.05) is 12.1 Å². The highest BCUT2D eigenvalue weighted by molar-refractivity contribution is 5.92. The molecule has 0 spiro atoms. The maximum atomic E-state index is 13.5. The number of hydrogen-bond acceptors (Lipinski definition) is 4. The average molecular weight is 438 g/mol. The number of hydrogen-bond donors (Lipinski definition) is 1. The third-order valence-corrected chi connectivity index (χ3v) is 5.21. The van der Waals surface area contributed by atoms with Crippen LogP contribution in [0.25, 0.3) is 11.0 Å². The van der Waals surface area contributed by atoms with Crippen molar-refractivity contribution in [3.8, 4) is 0 Å². The maximum Gasteiger partial charge on any atom is 0.264 e. The highest BCUT2D eigenvalue weighted by Crippen LogP contribution is 2.30. The van der Waals surface area contributed by atoms with Gasteiger partial charge in [0, 0.05) is 22.6 Å². The van der Waals surface area contributed by atoms with Crippen LogP contribution in [0.3, 0.4) is 0 Å². The maximum absolute atomic E-state index is 13.5. The molecule has 0 radical (unpaired) electrons. The van der Waals surface area contributed by atoms with Crippen LogP contribution in [0.2, 0.25) is 0 Å². The van der Waals surface area contributed by atoms with Crippen LogP contribution in [0.4, 0.5) is 14.5 Å². The number of aromatic nitrogens is 5. The second kappa shape index (κ2) is 8.49. The number of halogens is 2. The Morgan fingerprint density at radius 1 is 1.03 bits per heavy atom. The first-order valence-corrected chi connectivity index (χ1v) is 10.2. The van der Waals surface area contributed by atoms with Crippen molar-refractivity contribution in [2.75, 3.05) is 5.32 Å². The molecule has 4 aromatic rings. The van der Waals surface area contributed by atoms with Crippen LogP contribution in [0, 0.1) is 27.7 Å². The van der Waals surface area contributed by atoms with Crippen LogP contribution in [0.5, 0.6) is 0 Å².